The Balaban J connectivity index is 1.68. The fraction of sp³-hybridized carbons (Fsp3) is 0.438. The Morgan fingerprint density at radius 1 is 1.26 bits per heavy atom. The standard InChI is InChI=1S/C16H20N4O3/c1-17-7-6-14-18-15(23-19-14)12-2-4-13(5-3-12)16(21)20-8-10-22-11-9-20/h2-5,17H,6-11H2,1H3. The minimum Gasteiger partial charge on any atom is -0.378 e. The van der Waals surface area contributed by atoms with E-state index in [1.807, 2.05) is 19.2 Å². The monoisotopic (exact) mass is 316 g/mol. The summed E-state index contributed by atoms with van der Waals surface area (Å²) < 4.78 is 10.5. The molecule has 1 amide bonds. The summed E-state index contributed by atoms with van der Waals surface area (Å²) in [6.45, 7) is 3.27. The number of ether oxygens (including phenoxy) is 1. The summed E-state index contributed by atoms with van der Waals surface area (Å²) in [5, 5.41) is 6.99. The fourth-order valence-electron chi connectivity index (χ4n) is 2.41. The highest BCUT2D eigenvalue weighted by Gasteiger charge is 2.18. The van der Waals surface area contributed by atoms with Crippen molar-refractivity contribution in [2.24, 2.45) is 0 Å². The molecule has 122 valence electrons. The highest BCUT2D eigenvalue weighted by atomic mass is 16.5. The molecule has 0 saturated carbocycles. The summed E-state index contributed by atoms with van der Waals surface area (Å²) in [6, 6.07) is 7.27. The molecular formula is C16H20N4O3. The lowest BCUT2D eigenvalue weighted by Crippen LogP contribution is -2.40. The van der Waals surface area contributed by atoms with Gasteiger partial charge >= 0.3 is 0 Å². The Labute approximate surface area is 134 Å². The van der Waals surface area contributed by atoms with Crippen LogP contribution in [0.1, 0.15) is 16.2 Å². The minimum atomic E-state index is 0.0279. The van der Waals surface area contributed by atoms with Crippen molar-refractivity contribution in [1.29, 1.82) is 0 Å². The maximum Gasteiger partial charge on any atom is 0.257 e. The SMILES string of the molecule is CNCCc1noc(-c2ccc(C(=O)N3CCOCC3)cc2)n1. The molecule has 0 spiro atoms. The fourth-order valence-corrected chi connectivity index (χ4v) is 2.41. The van der Waals surface area contributed by atoms with E-state index < -0.39 is 0 Å². The van der Waals surface area contributed by atoms with Crippen LogP contribution in [0.3, 0.4) is 0 Å². The highest BCUT2D eigenvalue weighted by molar-refractivity contribution is 5.94. The Kier molecular flexibility index (Phi) is 4.99. The van der Waals surface area contributed by atoms with Crippen LogP contribution in [0.5, 0.6) is 0 Å². The van der Waals surface area contributed by atoms with Gasteiger partial charge in [0.15, 0.2) is 5.82 Å². The first-order valence-electron chi connectivity index (χ1n) is 7.72. The maximum absolute atomic E-state index is 12.4. The predicted molar refractivity (Wildman–Crippen MR) is 84.1 cm³/mol. The van der Waals surface area contributed by atoms with Crippen molar-refractivity contribution >= 4 is 5.91 Å². The molecule has 1 saturated heterocycles. The average Bonchev–Trinajstić information content (AvgIpc) is 3.09. The van der Waals surface area contributed by atoms with E-state index in [0.29, 0.717) is 50.0 Å². The summed E-state index contributed by atoms with van der Waals surface area (Å²) in [5.74, 6) is 1.17. The molecule has 3 rings (SSSR count). The smallest absolute Gasteiger partial charge is 0.257 e. The van der Waals surface area contributed by atoms with Crippen LogP contribution < -0.4 is 5.32 Å². The van der Waals surface area contributed by atoms with E-state index in [9.17, 15) is 4.79 Å². The zero-order valence-corrected chi connectivity index (χ0v) is 13.1. The summed E-state index contributed by atoms with van der Waals surface area (Å²) in [4.78, 5) is 18.5. The van der Waals surface area contributed by atoms with Gasteiger partial charge in [0.2, 0.25) is 0 Å². The van der Waals surface area contributed by atoms with Crippen molar-refractivity contribution in [2.45, 2.75) is 6.42 Å². The quantitative estimate of drug-likeness (QED) is 0.885. The topological polar surface area (TPSA) is 80.5 Å². The Morgan fingerprint density at radius 3 is 2.70 bits per heavy atom. The van der Waals surface area contributed by atoms with E-state index in [0.717, 1.165) is 12.1 Å². The third kappa shape index (κ3) is 3.75. The van der Waals surface area contributed by atoms with Gasteiger partial charge in [-0.3, -0.25) is 4.79 Å². The molecule has 1 N–H and O–H groups in total. The van der Waals surface area contributed by atoms with Crippen molar-refractivity contribution in [3.05, 3.63) is 35.7 Å². The molecule has 2 heterocycles. The lowest BCUT2D eigenvalue weighted by atomic mass is 10.1. The first kappa shape index (κ1) is 15.6. The van der Waals surface area contributed by atoms with E-state index in [-0.39, 0.29) is 5.91 Å². The van der Waals surface area contributed by atoms with Gasteiger partial charge in [-0.1, -0.05) is 5.16 Å². The summed E-state index contributed by atoms with van der Waals surface area (Å²) in [5.41, 5.74) is 1.47. The van der Waals surface area contributed by atoms with Gasteiger partial charge < -0.3 is 19.5 Å². The Morgan fingerprint density at radius 2 is 2.00 bits per heavy atom. The third-order valence-electron chi connectivity index (χ3n) is 3.74. The number of hydrogen-bond donors (Lipinski definition) is 1. The zero-order valence-electron chi connectivity index (χ0n) is 13.1. The highest BCUT2D eigenvalue weighted by Crippen LogP contribution is 2.19. The molecule has 7 nitrogen and oxygen atoms in total. The number of carbonyl (C=O) groups excluding carboxylic acids is 1. The number of rotatable bonds is 5. The van der Waals surface area contributed by atoms with Crippen LogP contribution in [-0.2, 0) is 11.2 Å². The normalized spacial score (nSPS) is 14.9. The molecule has 0 unspecified atom stereocenters. The van der Waals surface area contributed by atoms with Crippen LogP contribution in [0.4, 0.5) is 0 Å². The molecule has 1 fully saturated rings. The largest absolute Gasteiger partial charge is 0.378 e. The van der Waals surface area contributed by atoms with Gasteiger partial charge in [-0.05, 0) is 31.3 Å². The molecule has 0 bridgehead atoms. The first-order valence-corrected chi connectivity index (χ1v) is 7.72. The first-order chi connectivity index (χ1) is 11.3. The second-order valence-corrected chi connectivity index (χ2v) is 5.35. The summed E-state index contributed by atoms with van der Waals surface area (Å²) in [6.07, 6.45) is 0.716. The van der Waals surface area contributed by atoms with Gasteiger partial charge in [0, 0.05) is 37.2 Å². The van der Waals surface area contributed by atoms with Crippen molar-refractivity contribution in [2.75, 3.05) is 39.9 Å². The molecule has 0 radical (unpaired) electrons. The van der Waals surface area contributed by atoms with Crippen molar-refractivity contribution in [1.82, 2.24) is 20.4 Å². The second-order valence-electron chi connectivity index (χ2n) is 5.35. The van der Waals surface area contributed by atoms with Gasteiger partial charge in [0.25, 0.3) is 11.8 Å². The second kappa shape index (κ2) is 7.34. The third-order valence-corrected chi connectivity index (χ3v) is 3.74. The molecule has 7 heteroatoms. The molecule has 0 aliphatic carbocycles. The van der Waals surface area contributed by atoms with Crippen molar-refractivity contribution in [3.63, 3.8) is 0 Å². The van der Waals surface area contributed by atoms with E-state index in [2.05, 4.69) is 15.5 Å². The molecule has 23 heavy (non-hydrogen) atoms. The number of nitrogens with one attached hydrogen (secondary N) is 1. The lowest BCUT2D eigenvalue weighted by molar-refractivity contribution is 0.0303. The number of likely N-dealkylation sites (N-methyl/N-ethyl adjacent to an activating group) is 1. The van der Waals surface area contributed by atoms with Crippen LogP contribution >= 0.6 is 0 Å². The number of aromatic nitrogens is 2. The number of hydrogen-bond acceptors (Lipinski definition) is 6. The van der Waals surface area contributed by atoms with Gasteiger partial charge in [0.05, 0.1) is 13.2 Å². The molecule has 1 aromatic heterocycles. The molecule has 2 aromatic rings. The summed E-state index contributed by atoms with van der Waals surface area (Å²) >= 11 is 0. The van der Waals surface area contributed by atoms with Crippen LogP contribution in [0.2, 0.25) is 0 Å². The van der Waals surface area contributed by atoms with Crippen LogP contribution in [-0.4, -0.2) is 60.8 Å². The molecule has 1 aromatic carbocycles. The minimum absolute atomic E-state index is 0.0279. The van der Waals surface area contributed by atoms with Crippen LogP contribution in [0, 0.1) is 0 Å². The van der Waals surface area contributed by atoms with Gasteiger partial charge in [-0.2, -0.15) is 4.98 Å². The molecule has 0 atom stereocenters. The Bertz CT molecular complexity index is 648. The number of benzene rings is 1. The van der Waals surface area contributed by atoms with Crippen LogP contribution in [0.25, 0.3) is 11.5 Å². The van der Waals surface area contributed by atoms with E-state index in [4.69, 9.17) is 9.26 Å². The van der Waals surface area contributed by atoms with E-state index in [1.165, 1.54) is 0 Å². The Hall–Kier alpha value is -2.25. The maximum atomic E-state index is 12.4. The van der Waals surface area contributed by atoms with Gasteiger partial charge in [0.1, 0.15) is 0 Å². The van der Waals surface area contributed by atoms with Gasteiger partial charge in [-0.15, -0.1) is 0 Å². The molecular weight excluding hydrogens is 296 g/mol. The van der Waals surface area contributed by atoms with Crippen LogP contribution in [0.15, 0.2) is 28.8 Å². The van der Waals surface area contributed by atoms with E-state index in [1.54, 1.807) is 17.0 Å². The summed E-state index contributed by atoms with van der Waals surface area (Å²) in [7, 11) is 1.88. The predicted octanol–water partition coefficient (Wildman–Crippen LogP) is 0.971. The van der Waals surface area contributed by atoms with E-state index >= 15 is 0 Å². The van der Waals surface area contributed by atoms with Crippen molar-refractivity contribution in [3.8, 4) is 11.5 Å². The number of morpholine rings is 1. The lowest BCUT2D eigenvalue weighted by Gasteiger charge is -2.26. The molecule has 1 aliphatic rings. The number of nitrogens with zero attached hydrogens (tertiary/aromatic N) is 3. The zero-order chi connectivity index (χ0) is 16.1. The van der Waals surface area contributed by atoms with Crippen molar-refractivity contribution < 1.29 is 14.1 Å². The average molecular weight is 316 g/mol. The van der Waals surface area contributed by atoms with Gasteiger partial charge in [-0.25, -0.2) is 0 Å². The number of amides is 1. The molecule has 1 aliphatic heterocycles. The number of carbonyl (C=O) groups is 1.